The number of likely N-dealkylation sites (tertiary alicyclic amines) is 1. The Morgan fingerprint density at radius 3 is 2.69 bits per heavy atom. The molecule has 2 aromatic rings. The Bertz CT molecular complexity index is 760. The van der Waals surface area contributed by atoms with E-state index in [1.165, 1.54) is 0 Å². The van der Waals surface area contributed by atoms with Crippen molar-refractivity contribution in [2.24, 2.45) is 0 Å². The number of aromatic nitrogens is 2. The van der Waals surface area contributed by atoms with Crippen LogP contribution < -0.4 is 4.74 Å². The predicted molar refractivity (Wildman–Crippen MR) is 93.7 cm³/mol. The zero-order valence-electron chi connectivity index (χ0n) is 14.3. The van der Waals surface area contributed by atoms with Crippen molar-refractivity contribution in [3.8, 4) is 5.88 Å². The van der Waals surface area contributed by atoms with Gasteiger partial charge in [0.05, 0.1) is 17.5 Å². The van der Waals surface area contributed by atoms with Crippen LogP contribution in [0.4, 0.5) is 13.2 Å². The van der Waals surface area contributed by atoms with Gasteiger partial charge in [-0.2, -0.15) is 18.2 Å². The van der Waals surface area contributed by atoms with Crippen LogP contribution in [-0.2, 0) is 0 Å². The lowest BCUT2D eigenvalue weighted by atomic mass is 10.0. The van der Waals surface area contributed by atoms with Gasteiger partial charge in [-0.05, 0) is 31.9 Å². The van der Waals surface area contributed by atoms with Gasteiger partial charge in [0.15, 0.2) is 5.60 Å². The molecule has 2 heterocycles. The lowest BCUT2D eigenvalue weighted by molar-refractivity contribution is -0.253. The van der Waals surface area contributed by atoms with Crippen molar-refractivity contribution in [3.05, 3.63) is 30.1 Å². The van der Waals surface area contributed by atoms with Gasteiger partial charge in [-0.1, -0.05) is 12.1 Å². The van der Waals surface area contributed by atoms with E-state index in [0.29, 0.717) is 31.3 Å². The molecule has 0 radical (unpaired) electrons. The van der Waals surface area contributed by atoms with Crippen molar-refractivity contribution in [2.75, 3.05) is 26.2 Å². The van der Waals surface area contributed by atoms with E-state index < -0.39 is 11.8 Å². The molecule has 1 saturated heterocycles. The maximum atomic E-state index is 12.8. The molecule has 3 rings (SSSR count). The number of rotatable bonds is 5. The van der Waals surface area contributed by atoms with Crippen molar-refractivity contribution in [1.29, 1.82) is 0 Å². The van der Waals surface area contributed by atoms with Gasteiger partial charge in [0.1, 0.15) is 5.82 Å². The van der Waals surface area contributed by atoms with E-state index in [9.17, 15) is 18.3 Å². The van der Waals surface area contributed by atoms with Crippen LogP contribution in [0.2, 0.25) is 0 Å². The molecule has 0 bridgehead atoms. The summed E-state index contributed by atoms with van der Waals surface area (Å²) in [5, 5.41) is 10.5. The van der Waals surface area contributed by atoms with Crippen LogP contribution in [0.1, 0.15) is 18.7 Å². The van der Waals surface area contributed by atoms with E-state index in [1.54, 1.807) is 11.8 Å². The molecule has 5 nitrogen and oxygen atoms in total. The standard InChI is InChI=1S/C17H20F3N3O2.ClH/c1-12-21-14-6-3-2-5-13(14)15(22-12)25-10-4-8-23-9-7-16(24,11-23)17(18,19)20;/h2-3,5-6,24H,4,7-11H2,1H3;1H. The topological polar surface area (TPSA) is 58.5 Å². The molecule has 0 amide bonds. The first-order valence-corrected chi connectivity index (χ1v) is 8.16. The summed E-state index contributed by atoms with van der Waals surface area (Å²) in [5.74, 6) is 1.08. The molecule has 1 unspecified atom stereocenters. The molecule has 0 aliphatic carbocycles. The number of aryl methyl sites for hydroxylation is 1. The predicted octanol–water partition coefficient (Wildman–Crippen LogP) is 3.13. The van der Waals surface area contributed by atoms with Gasteiger partial charge in [0.2, 0.25) is 5.88 Å². The molecule has 1 aliphatic rings. The summed E-state index contributed by atoms with van der Waals surface area (Å²) in [4.78, 5) is 10.2. The van der Waals surface area contributed by atoms with Gasteiger partial charge in [-0.25, -0.2) is 4.98 Å². The second-order valence-electron chi connectivity index (χ2n) is 6.35. The van der Waals surface area contributed by atoms with Crippen molar-refractivity contribution >= 4 is 23.3 Å². The Labute approximate surface area is 155 Å². The highest BCUT2D eigenvalue weighted by atomic mass is 35.5. The molecule has 0 spiro atoms. The lowest BCUT2D eigenvalue weighted by Crippen LogP contribution is -2.47. The molecular weight excluding hydrogens is 371 g/mol. The number of nitrogens with zero attached hydrogens (tertiary/aromatic N) is 3. The van der Waals surface area contributed by atoms with Crippen molar-refractivity contribution in [2.45, 2.75) is 31.5 Å². The summed E-state index contributed by atoms with van der Waals surface area (Å²) in [6, 6.07) is 7.50. The Hall–Kier alpha value is -1.64. The number of benzene rings is 1. The summed E-state index contributed by atoms with van der Waals surface area (Å²) in [5.41, 5.74) is -1.80. The average Bonchev–Trinajstić information content (AvgIpc) is 2.94. The number of para-hydroxylation sites is 1. The first-order valence-electron chi connectivity index (χ1n) is 8.16. The van der Waals surface area contributed by atoms with Gasteiger partial charge in [0, 0.05) is 19.6 Å². The van der Waals surface area contributed by atoms with Crippen LogP contribution in [0.5, 0.6) is 5.88 Å². The van der Waals surface area contributed by atoms with Crippen LogP contribution in [0.15, 0.2) is 24.3 Å². The molecule has 9 heteroatoms. The molecule has 1 aromatic heterocycles. The minimum Gasteiger partial charge on any atom is -0.477 e. The number of hydrogen-bond acceptors (Lipinski definition) is 5. The first-order chi connectivity index (χ1) is 11.8. The van der Waals surface area contributed by atoms with Gasteiger partial charge in [-0.15, -0.1) is 12.4 Å². The van der Waals surface area contributed by atoms with Crippen molar-refractivity contribution < 1.29 is 23.0 Å². The Kier molecular flexibility index (Phi) is 6.31. The first kappa shape index (κ1) is 20.7. The fourth-order valence-corrected chi connectivity index (χ4v) is 3.02. The molecule has 1 fully saturated rings. The highest BCUT2D eigenvalue weighted by molar-refractivity contribution is 5.85. The summed E-state index contributed by atoms with van der Waals surface area (Å²) in [6.07, 6.45) is -4.33. The fourth-order valence-electron chi connectivity index (χ4n) is 3.02. The number of ether oxygens (including phenoxy) is 1. The Balaban J connectivity index is 0.00000243. The number of aliphatic hydroxyl groups is 1. The van der Waals surface area contributed by atoms with Crippen molar-refractivity contribution in [1.82, 2.24) is 14.9 Å². The zero-order chi connectivity index (χ0) is 18.1. The number of alkyl halides is 3. The lowest BCUT2D eigenvalue weighted by Gasteiger charge is -2.26. The quantitative estimate of drug-likeness (QED) is 0.793. The minimum atomic E-state index is -4.59. The van der Waals surface area contributed by atoms with E-state index in [1.807, 2.05) is 24.3 Å². The van der Waals surface area contributed by atoms with Crippen molar-refractivity contribution in [3.63, 3.8) is 0 Å². The van der Waals surface area contributed by atoms with Gasteiger partial charge in [-0.3, -0.25) is 4.90 Å². The largest absolute Gasteiger partial charge is 0.477 e. The number of β-amino-alcohol motifs (C(OH)–C–C–N with tert-alkyl or cyclic N) is 1. The summed E-state index contributed by atoms with van der Waals surface area (Å²) in [6.45, 7) is 2.39. The van der Waals surface area contributed by atoms with Crippen LogP contribution in [0, 0.1) is 6.92 Å². The highest BCUT2D eigenvalue weighted by Gasteiger charge is 2.56. The fraction of sp³-hybridized carbons (Fsp3) is 0.529. The second kappa shape index (κ2) is 7.94. The molecular formula is C17H21ClF3N3O2. The summed E-state index contributed by atoms with van der Waals surface area (Å²) < 4.78 is 44.1. The maximum Gasteiger partial charge on any atom is 0.418 e. The summed E-state index contributed by atoms with van der Waals surface area (Å²) in [7, 11) is 0. The van der Waals surface area contributed by atoms with E-state index in [2.05, 4.69) is 9.97 Å². The molecule has 1 aliphatic heterocycles. The van der Waals surface area contributed by atoms with Gasteiger partial charge < -0.3 is 9.84 Å². The monoisotopic (exact) mass is 391 g/mol. The molecule has 1 N–H and O–H groups in total. The van der Waals surface area contributed by atoms with Crippen LogP contribution in [-0.4, -0.2) is 58.0 Å². The third-order valence-corrected chi connectivity index (χ3v) is 4.39. The van der Waals surface area contributed by atoms with E-state index >= 15 is 0 Å². The minimum absolute atomic E-state index is 0. The second-order valence-corrected chi connectivity index (χ2v) is 6.35. The van der Waals surface area contributed by atoms with E-state index in [-0.39, 0.29) is 31.9 Å². The summed E-state index contributed by atoms with van der Waals surface area (Å²) >= 11 is 0. The number of halogens is 4. The van der Waals surface area contributed by atoms with E-state index in [0.717, 1.165) is 10.9 Å². The van der Waals surface area contributed by atoms with Gasteiger partial charge in [0.25, 0.3) is 0 Å². The average molecular weight is 392 g/mol. The van der Waals surface area contributed by atoms with Crippen LogP contribution >= 0.6 is 12.4 Å². The molecule has 0 saturated carbocycles. The van der Waals surface area contributed by atoms with Gasteiger partial charge >= 0.3 is 6.18 Å². The molecule has 1 aromatic carbocycles. The SMILES string of the molecule is Cc1nc(OCCCN2CCC(O)(C(F)(F)F)C2)c2ccccc2n1.Cl. The Morgan fingerprint density at radius 1 is 1.27 bits per heavy atom. The van der Waals surface area contributed by atoms with E-state index in [4.69, 9.17) is 4.74 Å². The third kappa shape index (κ3) is 4.36. The number of hydrogen-bond donors (Lipinski definition) is 1. The smallest absolute Gasteiger partial charge is 0.418 e. The number of fused-ring (bicyclic) bond motifs is 1. The van der Waals surface area contributed by atoms with Crippen LogP contribution in [0.3, 0.4) is 0 Å². The molecule has 144 valence electrons. The maximum absolute atomic E-state index is 12.8. The highest BCUT2D eigenvalue weighted by Crippen LogP contribution is 2.37. The molecule has 26 heavy (non-hydrogen) atoms. The Morgan fingerprint density at radius 2 is 2.00 bits per heavy atom. The zero-order valence-corrected chi connectivity index (χ0v) is 15.1. The molecule has 1 atom stereocenters. The van der Waals surface area contributed by atoms with Crippen LogP contribution in [0.25, 0.3) is 10.9 Å². The normalized spacial score (nSPS) is 21.0. The third-order valence-electron chi connectivity index (χ3n) is 4.39.